The lowest BCUT2D eigenvalue weighted by molar-refractivity contribution is 0.890. The lowest BCUT2D eigenvalue weighted by atomic mass is 10.2. The SMILES string of the molecule is Cc1ccc(-n2ncc3c2ncn2c(C)nnc32)cc1Cl. The Bertz CT molecular complexity index is 984. The van der Waals surface area contributed by atoms with Crippen LogP contribution in [0.15, 0.2) is 30.7 Å². The van der Waals surface area contributed by atoms with Gasteiger partial charge in [-0.15, -0.1) is 10.2 Å². The number of halogens is 1. The Labute approximate surface area is 125 Å². The number of aromatic nitrogens is 6. The van der Waals surface area contributed by atoms with Gasteiger partial charge in [-0.1, -0.05) is 17.7 Å². The highest BCUT2D eigenvalue weighted by Crippen LogP contribution is 2.23. The summed E-state index contributed by atoms with van der Waals surface area (Å²) in [6, 6.07) is 5.81. The van der Waals surface area contributed by atoms with Crippen molar-refractivity contribution in [1.82, 2.24) is 29.4 Å². The van der Waals surface area contributed by atoms with Crippen molar-refractivity contribution in [2.24, 2.45) is 0 Å². The van der Waals surface area contributed by atoms with Crippen molar-refractivity contribution in [2.45, 2.75) is 13.8 Å². The van der Waals surface area contributed by atoms with E-state index in [0.29, 0.717) is 5.02 Å². The van der Waals surface area contributed by atoms with Gasteiger partial charge in [0.1, 0.15) is 12.2 Å². The molecule has 0 aliphatic carbocycles. The Kier molecular flexibility index (Phi) is 2.49. The molecule has 0 unspecified atom stereocenters. The molecule has 0 spiro atoms. The maximum atomic E-state index is 6.19. The largest absolute Gasteiger partial charge is 0.269 e. The lowest BCUT2D eigenvalue weighted by Crippen LogP contribution is -1.99. The average Bonchev–Trinajstić information content (AvgIpc) is 3.06. The van der Waals surface area contributed by atoms with E-state index in [0.717, 1.165) is 33.8 Å². The molecule has 0 atom stereocenters. The minimum atomic E-state index is 0.704. The summed E-state index contributed by atoms with van der Waals surface area (Å²) in [5, 5.41) is 14.2. The van der Waals surface area contributed by atoms with Crippen LogP contribution in [0.5, 0.6) is 0 Å². The Morgan fingerprint density at radius 2 is 1.95 bits per heavy atom. The minimum Gasteiger partial charge on any atom is -0.269 e. The summed E-state index contributed by atoms with van der Waals surface area (Å²) in [4.78, 5) is 4.47. The number of fused-ring (bicyclic) bond motifs is 3. The summed E-state index contributed by atoms with van der Waals surface area (Å²) in [7, 11) is 0. The number of hydrogen-bond acceptors (Lipinski definition) is 4. The minimum absolute atomic E-state index is 0.704. The maximum Gasteiger partial charge on any atom is 0.174 e. The normalized spacial score (nSPS) is 11.6. The molecule has 7 heteroatoms. The highest BCUT2D eigenvalue weighted by atomic mass is 35.5. The van der Waals surface area contributed by atoms with Gasteiger partial charge in [0.15, 0.2) is 11.3 Å². The van der Waals surface area contributed by atoms with Crippen LogP contribution >= 0.6 is 11.6 Å². The molecule has 1 aromatic carbocycles. The molecule has 0 saturated heterocycles. The fourth-order valence-electron chi connectivity index (χ4n) is 2.33. The fourth-order valence-corrected chi connectivity index (χ4v) is 2.50. The molecule has 4 aromatic rings. The molecular weight excluding hydrogens is 288 g/mol. The number of benzene rings is 1. The summed E-state index contributed by atoms with van der Waals surface area (Å²) in [5.74, 6) is 0.797. The van der Waals surface area contributed by atoms with Crippen LogP contribution in [0.3, 0.4) is 0 Å². The van der Waals surface area contributed by atoms with Crippen LogP contribution in [0, 0.1) is 13.8 Å². The maximum absolute atomic E-state index is 6.19. The lowest BCUT2D eigenvalue weighted by Gasteiger charge is -2.05. The third kappa shape index (κ3) is 1.72. The standard InChI is InChI=1S/C14H11ClN6/c1-8-3-4-10(5-12(8)15)21-13-11(6-17-21)14-19-18-9(2)20(14)7-16-13/h3-7H,1-2H3. The first kappa shape index (κ1) is 12.3. The summed E-state index contributed by atoms with van der Waals surface area (Å²) in [5.41, 5.74) is 3.38. The Balaban J connectivity index is 2.01. The number of rotatable bonds is 1. The molecule has 4 rings (SSSR count). The van der Waals surface area contributed by atoms with Crippen LogP contribution in [0.4, 0.5) is 0 Å². The molecule has 104 valence electrons. The van der Waals surface area contributed by atoms with Gasteiger partial charge < -0.3 is 0 Å². The third-order valence-electron chi connectivity index (χ3n) is 3.55. The van der Waals surface area contributed by atoms with Crippen molar-refractivity contribution >= 4 is 28.3 Å². The zero-order valence-electron chi connectivity index (χ0n) is 11.4. The molecule has 0 aliphatic rings. The van der Waals surface area contributed by atoms with Crippen LogP contribution in [0.1, 0.15) is 11.4 Å². The van der Waals surface area contributed by atoms with Gasteiger partial charge in [0, 0.05) is 5.02 Å². The molecule has 6 nitrogen and oxygen atoms in total. The van der Waals surface area contributed by atoms with Gasteiger partial charge in [-0.3, -0.25) is 4.40 Å². The second kappa shape index (κ2) is 4.26. The van der Waals surface area contributed by atoms with E-state index in [1.165, 1.54) is 0 Å². The quantitative estimate of drug-likeness (QED) is 0.542. The van der Waals surface area contributed by atoms with Crippen molar-refractivity contribution in [2.75, 3.05) is 0 Å². The van der Waals surface area contributed by atoms with Crippen molar-refractivity contribution in [3.8, 4) is 5.69 Å². The predicted octanol–water partition coefficient (Wildman–Crippen LogP) is 2.73. The summed E-state index contributed by atoms with van der Waals surface area (Å²) in [6.07, 6.45) is 3.46. The number of aryl methyl sites for hydroxylation is 2. The van der Waals surface area contributed by atoms with E-state index in [4.69, 9.17) is 11.6 Å². The van der Waals surface area contributed by atoms with Crippen LogP contribution in [-0.4, -0.2) is 29.4 Å². The van der Waals surface area contributed by atoms with Gasteiger partial charge in [0.2, 0.25) is 0 Å². The third-order valence-corrected chi connectivity index (χ3v) is 3.95. The Morgan fingerprint density at radius 1 is 1.10 bits per heavy atom. The first-order chi connectivity index (χ1) is 10.1. The Hall–Kier alpha value is -2.47. The number of hydrogen-bond donors (Lipinski definition) is 0. The van der Waals surface area contributed by atoms with Gasteiger partial charge in [0.25, 0.3) is 0 Å². The van der Waals surface area contributed by atoms with Crippen molar-refractivity contribution in [3.63, 3.8) is 0 Å². The predicted molar refractivity (Wildman–Crippen MR) is 79.9 cm³/mol. The van der Waals surface area contributed by atoms with Gasteiger partial charge in [-0.05, 0) is 31.5 Å². The second-order valence-corrected chi connectivity index (χ2v) is 5.32. The summed E-state index contributed by atoms with van der Waals surface area (Å²) in [6.45, 7) is 3.85. The molecule has 0 radical (unpaired) electrons. The molecule has 0 fully saturated rings. The molecular formula is C14H11ClN6. The number of nitrogens with zero attached hydrogens (tertiary/aromatic N) is 6. The molecule has 3 heterocycles. The molecule has 0 N–H and O–H groups in total. The van der Waals surface area contributed by atoms with E-state index in [1.807, 2.05) is 36.4 Å². The molecule has 3 aromatic heterocycles. The van der Waals surface area contributed by atoms with Crippen LogP contribution in [0.25, 0.3) is 22.4 Å². The van der Waals surface area contributed by atoms with Crippen molar-refractivity contribution in [3.05, 3.63) is 47.1 Å². The van der Waals surface area contributed by atoms with E-state index in [1.54, 1.807) is 17.2 Å². The first-order valence-corrected chi connectivity index (χ1v) is 6.83. The first-order valence-electron chi connectivity index (χ1n) is 6.46. The molecule has 0 amide bonds. The monoisotopic (exact) mass is 298 g/mol. The van der Waals surface area contributed by atoms with E-state index in [9.17, 15) is 0 Å². The smallest absolute Gasteiger partial charge is 0.174 e. The molecule has 0 bridgehead atoms. The van der Waals surface area contributed by atoms with Gasteiger partial charge in [-0.2, -0.15) is 5.10 Å². The zero-order chi connectivity index (χ0) is 14.6. The Morgan fingerprint density at radius 3 is 2.76 bits per heavy atom. The van der Waals surface area contributed by atoms with Crippen LogP contribution < -0.4 is 0 Å². The second-order valence-electron chi connectivity index (χ2n) is 4.91. The van der Waals surface area contributed by atoms with Crippen molar-refractivity contribution < 1.29 is 0 Å². The highest BCUT2D eigenvalue weighted by Gasteiger charge is 2.13. The van der Waals surface area contributed by atoms with Gasteiger partial charge in [0.05, 0.1) is 17.3 Å². The van der Waals surface area contributed by atoms with Crippen LogP contribution in [0.2, 0.25) is 5.02 Å². The van der Waals surface area contributed by atoms with Gasteiger partial charge in [-0.25, -0.2) is 9.67 Å². The van der Waals surface area contributed by atoms with E-state index < -0.39 is 0 Å². The molecule has 0 saturated carbocycles. The van der Waals surface area contributed by atoms with E-state index in [-0.39, 0.29) is 0 Å². The van der Waals surface area contributed by atoms with E-state index >= 15 is 0 Å². The highest BCUT2D eigenvalue weighted by molar-refractivity contribution is 6.31. The molecule has 21 heavy (non-hydrogen) atoms. The molecule has 0 aliphatic heterocycles. The van der Waals surface area contributed by atoms with Crippen LogP contribution in [-0.2, 0) is 0 Å². The van der Waals surface area contributed by atoms with Gasteiger partial charge >= 0.3 is 0 Å². The topological polar surface area (TPSA) is 60.9 Å². The fraction of sp³-hybridized carbons (Fsp3) is 0.143. The summed E-state index contributed by atoms with van der Waals surface area (Å²) < 4.78 is 3.60. The summed E-state index contributed by atoms with van der Waals surface area (Å²) >= 11 is 6.19. The van der Waals surface area contributed by atoms with E-state index in [2.05, 4.69) is 20.3 Å². The average molecular weight is 299 g/mol. The van der Waals surface area contributed by atoms with Crippen molar-refractivity contribution in [1.29, 1.82) is 0 Å². The zero-order valence-corrected chi connectivity index (χ0v) is 12.2.